The van der Waals surface area contributed by atoms with E-state index in [1.807, 2.05) is 20.8 Å². The summed E-state index contributed by atoms with van der Waals surface area (Å²) < 4.78 is 0. The van der Waals surface area contributed by atoms with Crippen LogP contribution in [0.25, 0.3) is 0 Å². The molecule has 0 saturated heterocycles. The van der Waals surface area contributed by atoms with Gasteiger partial charge in [0.05, 0.1) is 0 Å². The van der Waals surface area contributed by atoms with E-state index in [0.717, 1.165) is 6.29 Å². The first kappa shape index (κ1) is 11.1. The van der Waals surface area contributed by atoms with E-state index in [1.54, 1.807) is 0 Å². The Bertz CT molecular complexity index is 167. The van der Waals surface area contributed by atoms with E-state index in [2.05, 4.69) is 0 Å². The van der Waals surface area contributed by atoms with Gasteiger partial charge in [0, 0.05) is 12.8 Å². The molecule has 0 aromatic heterocycles. The number of aldehydes is 1. The first-order chi connectivity index (χ1) is 5.38. The van der Waals surface area contributed by atoms with Crippen molar-refractivity contribution in [2.75, 3.05) is 0 Å². The highest BCUT2D eigenvalue weighted by Crippen LogP contribution is 2.30. The zero-order chi connectivity index (χ0) is 9.78. The minimum absolute atomic E-state index is 0.0625. The molecule has 0 aliphatic rings. The van der Waals surface area contributed by atoms with Crippen LogP contribution >= 0.6 is 0 Å². The molecule has 0 spiro atoms. The number of hydrogen-bond acceptors (Lipinski definition) is 2. The van der Waals surface area contributed by atoms with Crippen LogP contribution in [0.15, 0.2) is 0 Å². The minimum atomic E-state index is -0.836. The van der Waals surface area contributed by atoms with Crippen LogP contribution in [0, 0.1) is 11.3 Å². The lowest BCUT2D eigenvalue weighted by Gasteiger charge is -2.27. The highest BCUT2D eigenvalue weighted by molar-refractivity contribution is 5.67. The number of aliphatic carboxylic acids is 1. The average molecular weight is 172 g/mol. The highest BCUT2D eigenvalue weighted by atomic mass is 16.4. The van der Waals surface area contributed by atoms with Gasteiger partial charge in [-0.3, -0.25) is 4.79 Å². The molecule has 0 rings (SSSR count). The van der Waals surface area contributed by atoms with Gasteiger partial charge in [0.15, 0.2) is 0 Å². The molecule has 0 aliphatic heterocycles. The Hall–Kier alpha value is -0.860. The van der Waals surface area contributed by atoms with Gasteiger partial charge in [0.2, 0.25) is 0 Å². The van der Waals surface area contributed by atoms with E-state index >= 15 is 0 Å². The average Bonchev–Trinajstić information content (AvgIpc) is 1.83. The first-order valence-electron chi connectivity index (χ1n) is 4.03. The molecular weight excluding hydrogens is 156 g/mol. The van der Waals surface area contributed by atoms with Gasteiger partial charge in [-0.2, -0.15) is 0 Å². The Kier molecular flexibility index (Phi) is 3.93. The molecule has 0 aromatic carbocycles. The summed E-state index contributed by atoms with van der Waals surface area (Å²) >= 11 is 0. The molecule has 0 bridgehead atoms. The standard InChI is InChI=1S/C9H16O3/c1-9(2,3)7(4-5-10)6-8(11)12/h5,7H,4,6H2,1-3H3,(H,11,12). The van der Waals surface area contributed by atoms with Crippen molar-refractivity contribution in [3.63, 3.8) is 0 Å². The summed E-state index contributed by atoms with van der Waals surface area (Å²) in [5.74, 6) is -0.899. The number of rotatable bonds is 4. The fourth-order valence-electron chi connectivity index (χ4n) is 1.07. The maximum Gasteiger partial charge on any atom is 0.303 e. The number of carboxylic acids is 1. The van der Waals surface area contributed by atoms with Crippen LogP contribution in [0.5, 0.6) is 0 Å². The lowest BCUT2D eigenvalue weighted by atomic mass is 9.77. The third-order valence-electron chi connectivity index (χ3n) is 2.03. The van der Waals surface area contributed by atoms with Gasteiger partial charge in [-0.05, 0) is 11.3 Å². The lowest BCUT2D eigenvalue weighted by Crippen LogP contribution is -2.23. The van der Waals surface area contributed by atoms with Gasteiger partial charge in [0.1, 0.15) is 6.29 Å². The van der Waals surface area contributed by atoms with Crippen LogP contribution in [0.3, 0.4) is 0 Å². The second kappa shape index (κ2) is 4.24. The number of carbonyl (C=O) groups excluding carboxylic acids is 1. The number of hydrogen-bond donors (Lipinski definition) is 1. The van der Waals surface area contributed by atoms with E-state index in [-0.39, 0.29) is 17.8 Å². The van der Waals surface area contributed by atoms with E-state index in [9.17, 15) is 9.59 Å². The molecule has 0 fully saturated rings. The van der Waals surface area contributed by atoms with Gasteiger partial charge in [-0.25, -0.2) is 0 Å². The van der Waals surface area contributed by atoms with E-state index < -0.39 is 5.97 Å². The molecule has 0 aliphatic carbocycles. The number of carboxylic acid groups (broad SMARTS) is 1. The largest absolute Gasteiger partial charge is 0.481 e. The van der Waals surface area contributed by atoms with Crippen molar-refractivity contribution < 1.29 is 14.7 Å². The van der Waals surface area contributed by atoms with Gasteiger partial charge in [0.25, 0.3) is 0 Å². The number of carbonyl (C=O) groups is 2. The van der Waals surface area contributed by atoms with Crippen LogP contribution in [0.1, 0.15) is 33.6 Å². The fraction of sp³-hybridized carbons (Fsp3) is 0.778. The minimum Gasteiger partial charge on any atom is -0.481 e. The van der Waals surface area contributed by atoms with Crippen molar-refractivity contribution in [3.8, 4) is 0 Å². The Morgan fingerprint density at radius 3 is 2.25 bits per heavy atom. The van der Waals surface area contributed by atoms with Crippen LogP contribution in [-0.4, -0.2) is 17.4 Å². The van der Waals surface area contributed by atoms with Crippen LogP contribution in [0.4, 0.5) is 0 Å². The predicted molar refractivity (Wildman–Crippen MR) is 45.9 cm³/mol. The first-order valence-corrected chi connectivity index (χ1v) is 4.03. The van der Waals surface area contributed by atoms with Crippen LogP contribution in [0.2, 0.25) is 0 Å². The van der Waals surface area contributed by atoms with E-state index in [0.29, 0.717) is 6.42 Å². The Morgan fingerprint density at radius 1 is 1.50 bits per heavy atom. The van der Waals surface area contributed by atoms with Crippen LogP contribution in [-0.2, 0) is 9.59 Å². The lowest BCUT2D eigenvalue weighted by molar-refractivity contribution is -0.139. The topological polar surface area (TPSA) is 54.4 Å². The van der Waals surface area contributed by atoms with Gasteiger partial charge < -0.3 is 9.90 Å². The summed E-state index contributed by atoms with van der Waals surface area (Å²) in [5.41, 5.74) is -0.112. The maximum absolute atomic E-state index is 10.4. The van der Waals surface area contributed by atoms with Crippen molar-refractivity contribution in [1.82, 2.24) is 0 Å². The Labute approximate surface area is 72.8 Å². The zero-order valence-electron chi connectivity index (χ0n) is 7.83. The van der Waals surface area contributed by atoms with Crippen molar-refractivity contribution in [2.45, 2.75) is 33.6 Å². The second-order valence-electron chi connectivity index (χ2n) is 4.06. The molecule has 0 amide bonds. The fourth-order valence-corrected chi connectivity index (χ4v) is 1.07. The SMILES string of the molecule is CC(C)(C)C(CC=O)CC(=O)O. The van der Waals surface area contributed by atoms with Crippen molar-refractivity contribution in [1.29, 1.82) is 0 Å². The highest BCUT2D eigenvalue weighted by Gasteiger charge is 2.26. The normalized spacial score (nSPS) is 13.9. The third kappa shape index (κ3) is 4.11. The molecular formula is C9H16O3. The van der Waals surface area contributed by atoms with Gasteiger partial charge in [-0.15, -0.1) is 0 Å². The predicted octanol–water partition coefficient (Wildman–Crippen LogP) is 1.71. The summed E-state index contributed by atoms with van der Waals surface area (Å²) in [6.07, 6.45) is 1.19. The van der Waals surface area contributed by atoms with E-state index in [1.165, 1.54) is 0 Å². The summed E-state index contributed by atoms with van der Waals surface area (Å²) in [6, 6.07) is 0. The monoisotopic (exact) mass is 172 g/mol. The molecule has 1 unspecified atom stereocenters. The van der Waals surface area contributed by atoms with Crippen molar-refractivity contribution >= 4 is 12.3 Å². The summed E-state index contributed by atoms with van der Waals surface area (Å²) in [6.45, 7) is 5.85. The van der Waals surface area contributed by atoms with Crippen molar-refractivity contribution in [2.24, 2.45) is 11.3 Å². The molecule has 12 heavy (non-hydrogen) atoms. The second-order valence-corrected chi connectivity index (χ2v) is 4.06. The molecule has 0 saturated carbocycles. The zero-order valence-corrected chi connectivity index (χ0v) is 7.83. The summed E-state index contributed by atoms with van der Waals surface area (Å²) in [7, 11) is 0. The molecule has 1 atom stereocenters. The molecule has 70 valence electrons. The van der Waals surface area contributed by atoms with E-state index in [4.69, 9.17) is 5.11 Å². The maximum atomic E-state index is 10.4. The summed E-state index contributed by atoms with van der Waals surface area (Å²) in [4.78, 5) is 20.7. The molecule has 0 radical (unpaired) electrons. The summed E-state index contributed by atoms with van der Waals surface area (Å²) in [5, 5.41) is 8.56. The molecule has 0 heterocycles. The Balaban J connectivity index is 4.22. The third-order valence-corrected chi connectivity index (χ3v) is 2.03. The Morgan fingerprint density at radius 2 is 2.00 bits per heavy atom. The van der Waals surface area contributed by atoms with Crippen LogP contribution < -0.4 is 0 Å². The quantitative estimate of drug-likeness (QED) is 0.657. The molecule has 1 N–H and O–H groups in total. The molecule has 0 aromatic rings. The van der Waals surface area contributed by atoms with Gasteiger partial charge >= 0.3 is 5.97 Å². The molecule has 3 heteroatoms. The van der Waals surface area contributed by atoms with Crippen molar-refractivity contribution in [3.05, 3.63) is 0 Å². The smallest absolute Gasteiger partial charge is 0.303 e. The van der Waals surface area contributed by atoms with Gasteiger partial charge in [-0.1, -0.05) is 20.8 Å². The molecule has 3 nitrogen and oxygen atoms in total.